The molecule has 0 saturated heterocycles. The van der Waals surface area contributed by atoms with Gasteiger partial charge in [-0.05, 0) is 18.2 Å². The van der Waals surface area contributed by atoms with Crippen LogP contribution in [0.5, 0.6) is 5.75 Å². The van der Waals surface area contributed by atoms with Crippen LogP contribution in [0.1, 0.15) is 11.6 Å². The number of halogens is 6. The van der Waals surface area contributed by atoms with Crippen molar-refractivity contribution in [3.05, 3.63) is 23.8 Å². The van der Waals surface area contributed by atoms with Crippen molar-refractivity contribution in [3.63, 3.8) is 0 Å². The molecule has 0 aliphatic heterocycles. The average Bonchev–Trinajstić information content (AvgIpc) is 2.16. The van der Waals surface area contributed by atoms with Crippen LogP contribution >= 0.6 is 0 Å². The van der Waals surface area contributed by atoms with Crippen LogP contribution in [0.25, 0.3) is 0 Å². The van der Waals surface area contributed by atoms with Crippen LogP contribution in [0.2, 0.25) is 0 Å². The highest BCUT2D eigenvalue weighted by Crippen LogP contribution is 2.38. The van der Waals surface area contributed by atoms with Crippen LogP contribution in [0.4, 0.5) is 32.0 Å². The molecule has 1 atom stereocenters. The minimum absolute atomic E-state index is 0.153. The first-order valence-corrected chi connectivity index (χ1v) is 4.48. The third-order valence-corrected chi connectivity index (χ3v) is 1.95. The van der Waals surface area contributed by atoms with Crippen LogP contribution in [-0.2, 0) is 0 Å². The van der Waals surface area contributed by atoms with E-state index in [0.717, 1.165) is 6.07 Å². The Bertz CT molecular complexity index is 428. The number of alkyl halides is 6. The molecule has 0 unspecified atom stereocenters. The smallest absolute Gasteiger partial charge is 0.405 e. The summed E-state index contributed by atoms with van der Waals surface area (Å²) in [6, 6.07) is -0.255. The fourth-order valence-corrected chi connectivity index (χ4v) is 1.20. The van der Waals surface area contributed by atoms with Gasteiger partial charge in [0.1, 0.15) is 11.8 Å². The van der Waals surface area contributed by atoms with Crippen molar-refractivity contribution < 1.29 is 31.1 Å². The fraction of sp³-hybridized carbons (Fsp3) is 0.333. The number of ether oxygens (including phenoxy) is 1. The van der Waals surface area contributed by atoms with Crippen molar-refractivity contribution in [2.75, 3.05) is 5.73 Å². The van der Waals surface area contributed by atoms with E-state index in [1.807, 2.05) is 0 Å². The van der Waals surface area contributed by atoms with Gasteiger partial charge in [-0.25, -0.2) is 0 Å². The predicted molar refractivity (Wildman–Crippen MR) is 50.5 cm³/mol. The summed E-state index contributed by atoms with van der Waals surface area (Å²) >= 11 is 0. The van der Waals surface area contributed by atoms with Gasteiger partial charge in [-0.1, -0.05) is 0 Å². The molecule has 1 rings (SSSR count). The first kappa shape index (κ1) is 14.4. The topological polar surface area (TPSA) is 61.3 Å². The second-order valence-corrected chi connectivity index (χ2v) is 3.36. The van der Waals surface area contributed by atoms with Gasteiger partial charge in [0.05, 0.1) is 0 Å². The standard InChI is InChI=1S/C9H8F6N2O/c10-8(11,12)7(17)5-3-4(16)1-2-6(5)18-9(13,14)15/h1-3,7H,16-17H2/t7-/m1/s1. The van der Waals surface area contributed by atoms with E-state index < -0.39 is 29.9 Å². The zero-order chi connectivity index (χ0) is 14.1. The summed E-state index contributed by atoms with van der Waals surface area (Å²) in [5.74, 6) is -1.03. The summed E-state index contributed by atoms with van der Waals surface area (Å²) in [5, 5.41) is 0. The minimum atomic E-state index is -5.11. The van der Waals surface area contributed by atoms with Crippen molar-refractivity contribution in [1.29, 1.82) is 0 Å². The summed E-state index contributed by atoms with van der Waals surface area (Å²) in [6.07, 6.45) is -10.0. The lowest BCUT2D eigenvalue weighted by Gasteiger charge is -2.20. The molecule has 0 spiro atoms. The molecule has 9 heteroatoms. The lowest BCUT2D eigenvalue weighted by Crippen LogP contribution is -2.30. The fourth-order valence-electron chi connectivity index (χ4n) is 1.20. The van der Waals surface area contributed by atoms with Gasteiger partial charge in [-0.15, -0.1) is 13.2 Å². The van der Waals surface area contributed by atoms with Crippen LogP contribution in [0.15, 0.2) is 18.2 Å². The van der Waals surface area contributed by atoms with Crippen LogP contribution in [0, 0.1) is 0 Å². The maximum atomic E-state index is 12.4. The third-order valence-electron chi connectivity index (χ3n) is 1.95. The summed E-state index contributed by atoms with van der Waals surface area (Å²) in [6.45, 7) is 0. The van der Waals surface area contributed by atoms with E-state index in [0.29, 0.717) is 12.1 Å². The molecule has 0 heterocycles. The summed E-state index contributed by atoms with van der Waals surface area (Å²) in [7, 11) is 0. The highest BCUT2D eigenvalue weighted by Gasteiger charge is 2.41. The number of hydrogen-bond donors (Lipinski definition) is 2. The molecule has 0 fully saturated rings. The molecule has 0 saturated carbocycles. The van der Waals surface area contributed by atoms with Gasteiger partial charge in [0, 0.05) is 11.3 Å². The zero-order valence-electron chi connectivity index (χ0n) is 8.64. The number of benzene rings is 1. The van der Waals surface area contributed by atoms with E-state index in [1.165, 1.54) is 0 Å². The molecule has 0 aliphatic rings. The third kappa shape index (κ3) is 3.69. The van der Waals surface area contributed by atoms with Gasteiger partial charge < -0.3 is 16.2 Å². The number of nitrogen functional groups attached to an aromatic ring is 1. The van der Waals surface area contributed by atoms with Crippen molar-refractivity contribution in [3.8, 4) is 5.75 Å². The normalized spacial score (nSPS) is 14.4. The first-order chi connectivity index (χ1) is 8.00. The molecule has 4 N–H and O–H groups in total. The molecule has 0 aliphatic carbocycles. The largest absolute Gasteiger partial charge is 0.573 e. The summed E-state index contributed by atoms with van der Waals surface area (Å²) < 4.78 is 76.6. The molecule has 1 aromatic carbocycles. The van der Waals surface area contributed by atoms with Gasteiger partial charge in [-0.2, -0.15) is 13.2 Å². The van der Waals surface area contributed by atoms with Gasteiger partial charge in [0.15, 0.2) is 0 Å². The average molecular weight is 274 g/mol. The number of hydrogen-bond acceptors (Lipinski definition) is 3. The Morgan fingerprint density at radius 3 is 2.06 bits per heavy atom. The van der Waals surface area contributed by atoms with E-state index in [1.54, 1.807) is 0 Å². The molecule has 0 amide bonds. The van der Waals surface area contributed by atoms with Gasteiger partial charge in [-0.3, -0.25) is 0 Å². The Hall–Kier alpha value is -1.64. The highest BCUT2D eigenvalue weighted by atomic mass is 19.4. The number of nitrogens with two attached hydrogens (primary N) is 2. The van der Waals surface area contributed by atoms with E-state index in [2.05, 4.69) is 4.74 Å². The SMILES string of the molecule is Nc1ccc(OC(F)(F)F)c([C@@H](N)C(F)(F)F)c1. The monoisotopic (exact) mass is 274 g/mol. The number of anilines is 1. The minimum Gasteiger partial charge on any atom is -0.405 e. The molecule has 3 nitrogen and oxygen atoms in total. The molecule has 0 aromatic heterocycles. The van der Waals surface area contributed by atoms with E-state index in [9.17, 15) is 26.3 Å². The maximum Gasteiger partial charge on any atom is 0.573 e. The zero-order valence-corrected chi connectivity index (χ0v) is 8.64. The van der Waals surface area contributed by atoms with Crippen LogP contribution in [-0.4, -0.2) is 12.5 Å². The first-order valence-electron chi connectivity index (χ1n) is 4.48. The Balaban J connectivity index is 3.20. The summed E-state index contributed by atoms with van der Waals surface area (Å²) in [4.78, 5) is 0. The Labute approximate surface area is 97.3 Å². The molecular weight excluding hydrogens is 266 g/mol. The Morgan fingerprint density at radius 2 is 1.61 bits per heavy atom. The quantitative estimate of drug-likeness (QED) is 0.644. The van der Waals surface area contributed by atoms with E-state index >= 15 is 0 Å². The second-order valence-electron chi connectivity index (χ2n) is 3.36. The van der Waals surface area contributed by atoms with Crippen molar-refractivity contribution >= 4 is 5.69 Å². The van der Waals surface area contributed by atoms with E-state index in [4.69, 9.17) is 11.5 Å². The molecule has 1 aromatic rings. The van der Waals surface area contributed by atoms with Crippen molar-refractivity contribution in [1.82, 2.24) is 0 Å². The van der Waals surface area contributed by atoms with Crippen molar-refractivity contribution in [2.45, 2.75) is 18.6 Å². The van der Waals surface area contributed by atoms with Crippen LogP contribution < -0.4 is 16.2 Å². The predicted octanol–water partition coefficient (Wildman–Crippen LogP) is 2.73. The lowest BCUT2D eigenvalue weighted by atomic mass is 10.1. The van der Waals surface area contributed by atoms with E-state index in [-0.39, 0.29) is 5.69 Å². The van der Waals surface area contributed by atoms with Crippen molar-refractivity contribution in [2.24, 2.45) is 5.73 Å². The molecule has 102 valence electrons. The van der Waals surface area contributed by atoms with Crippen LogP contribution in [0.3, 0.4) is 0 Å². The molecule has 0 bridgehead atoms. The maximum absolute atomic E-state index is 12.4. The lowest BCUT2D eigenvalue weighted by molar-refractivity contribution is -0.275. The number of rotatable bonds is 2. The summed E-state index contributed by atoms with van der Waals surface area (Å²) in [5.41, 5.74) is 9.02. The van der Waals surface area contributed by atoms with Gasteiger partial charge >= 0.3 is 12.5 Å². The Morgan fingerprint density at radius 1 is 1.06 bits per heavy atom. The molecular formula is C9H8F6N2O. The molecule has 18 heavy (non-hydrogen) atoms. The van der Waals surface area contributed by atoms with Gasteiger partial charge in [0.2, 0.25) is 0 Å². The second kappa shape index (κ2) is 4.56. The molecule has 0 radical (unpaired) electrons. The van der Waals surface area contributed by atoms with Gasteiger partial charge in [0.25, 0.3) is 0 Å². The highest BCUT2D eigenvalue weighted by molar-refractivity contribution is 5.49. The Kier molecular flexibility index (Phi) is 3.65.